The Morgan fingerprint density at radius 1 is 1.05 bits per heavy atom. The molecule has 0 spiro atoms. The van der Waals surface area contributed by atoms with Gasteiger partial charge in [-0.05, 0) is 30.2 Å². The average molecular weight is 285 g/mol. The number of phenolic OH excluding ortho intramolecular Hbond substituents is 1. The predicted octanol–water partition coefficient (Wildman–Crippen LogP) is 2.52. The van der Waals surface area contributed by atoms with Gasteiger partial charge in [0.2, 0.25) is 5.91 Å². The van der Waals surface area contributed by atoms with Crippen LogP contribution in [0, 0.1) is 0 Å². The van der Waals surface area contributed by atoms with Gasteiger partial charge in [0.1, 0.15) is 18.1 Å². The standard InChI is InChI=1S/C17H19NO3/c19-16-9-5-4-6-14(16)10-11-17(20)18-12-13-21-15-7-2-1-3-8-15/h1-9,19H,10-13H2,(H,18,20). The molecule has 2 N–H and O–H groups in total. The van der Waals surface area contributed by atoms with Gasteiger partial charge in [0, 0.05) is 6.42 Å². The molecule has 0 bridgehead atoms. The van der Waals surface area contributed by atoms with E-state index in [2.05, 4.69) is 5.32 Å². The third-order valence-corrected chi connectivity index (χ3v) is 3.05. The quantitative estimate of drug-likeness (QED) is 0.769. The first-order valence-corrected chi connectivity index (χ1v) is 6.97. The number of aryl methyl sites for hydroxylation is 1. The minimum absolute atomic E-state index is 0.0464. The maximum absolute atomic E-state index is 11.7. The van der Waals surface area contributed by atoms with Crippen molar-refractivity contribution in [2.75, 3.05) is 13.2 Å². The van der Waals surface area contributed by atoms with Crippen LogP contribution >= 0.6 is 0 Å². The summed E-state index contributed by atoms with van der Waals surface area (Å²) in [6.07, 6.45) is 0.876. The highest BCUT2D eigenvalue weighted by atomic mass is 16.5. The zero-order chi connectivity index (χ0) is 14.9. The van der Waals surface area contributed by atoms with Crippen molar-refractivity contribution < 1.29 is 14.6 Å². The Hall–Kier alpha value is -2.49. The van der Waals surface area contributed by atoms with Crippen LogP contribution in [0.15, 0.2) is 54.6 Å². The van der Waals surface area contributed by atoms with E-state index < -0.39 is 0 Å². The normalized spacial score (nSPS) is 10.1. The molecular formula is C17H19NO3. The van der Waals surface area contributed by atoms with E-state index in [1.807, 2.05) is 42.5 Å². The lowest BCUT2D eigenvalue weighted by Gasteiger charge is -2.08. The van der Waals surface area contributed by atoms with Crippen LogP contribution in [0.25, 0.3) is 0 Å². The zero-order valence-corrected chi connectivity index (χ0v) is 11.8. The first-order chi connectivity index (χ1) is 10.3. The third kappa shape index (κ3) is 5.18. The number of benzene rings is 2. The van der Waals surface area contributed by atoms with Crippen LogP contribution < -0.4 is 10.1 Å². The van der Waals surface area contributed by atoms with E-state index in [-0.39, 0.29) is 11.7 Å². The molecule has 21 heavy (non-hydrogen) atoms. The number of hydrogen-bond donors (Lipinski definition) is 2. The van der Waals surface area contributed by atoms with Crippen molar-refractivity contribution in [2.45, 2.75) is 12.8 Å². The molecule has 0 aromatic heterocycles. The molecule has 2 rings (SSSR count). The molecule has 110 valence electrons. The smallest absolute Gasteiger partial charge is 0.220 e. The summed E-state index contributed by atoms with van der Waals surface area (Å²) < 4.78 is 5.48. The second kappa shape index (κ2) is 7.94. The molecule has 0 saturated heterocycles. The monoisotopic (exact) mass is 285 g/mol. The summed E-state index contributed by atoms with van der Waals surface area (Å²) >= 11 is 0. The van der Waals surface area contributed by atoms with Crippen LogP contribution in [0.2, 0.25) is 0 Å². The van der Waals surface area contributed by atoms with Crippen LogP contribution in [0.5, 0.6) is 11.5 Å². The first kappa shape index (κ1) is 14.9. The van der Waals surface area contributed by atoms with E-state index in [9.17, 15) is 9.90 Å². The summed E-state index contributed by atoms with van der Waals surface area (Å²) in [4.78, 5) is 11.7. The zero-order valence-electron chi connectivity index (χ0n) is 11.8. The van der Waals surface area contributed by atoms with Crippen LogP contribution in [0.4, 0.5) is 0 Å². The van der Waals surface area contributed by atoms with Gasteiger partial charge < -0.3 is 15.2 Å². The molecule has 2 aromatic rings. The number of rotatable bonds is 7. The largest absolute Gasteiger partial charge is 0.508 e. The minimum atomic E-state index is -0.0464. The lowest BCUT2D eigenvalue weighted by atomic mass is 10.1. The van der Waals surface area contributed by atoms with Gasteiger partial charge >= 0.3 is 0 Å². The molecule has 0 aliphatic rings. The lowest BCUT2D eigenvalue weighted by molar-refractivity contribution is -0.121. The van der Waals surface area contributed by atoms with E-state index in [4.69, 9.17) is 4.74 Å². The van der Waals surface area contributed by atoms with Crippen molar-refractivity contribution in [3.05, 3.63) is 60.2 Å². The molecule has 0 fully saturated rings. The molecule has 2 aromatic carbocycles. The fourth-order valence-corrected chi connectivity index (χ4v) is 1.93. The maximum atomic E-state index is 11.7. The number of amides is 1. The number of hydrogen-bond acceptors (Lipinski definition) is 3. The van der Waals surface area contributed by atoms with E-state index in [0.717, 1.165) is 11.3 Å². The highest BCUT2D eigenvalue weighted by Gasteiger charge is 2.04. The summed E-state index contributed by atoms with van der Waals surface area (Å²) in [5, 5.41) is 12.4. The second-order valence-corrected chi connectivity index (χ2v) is 4.64. The van der Waals surface area contributed by atoms with Crippen molar-refractivity contribution >= 4 is 5.91 Å². The summed E-state index contributed by atoms with van der Waals surface area (Å²) in [7, 11) is 0. The highest BCUT2D eigenvalue weighted by molar-refractivity contribution is 5.76. The van der Waals surface area contributed by atoms with Crippen LogP contribution in [-0.2, 0) is 11.2 Å². The van der Waals surface area contributed by atoms with Crippen LogP contribution in [0.3, 0.4) is 0 Å². The summed E-state index contributed by atoms with van der Waals surface area (Å²) in [5.74, 6) is 0.980. The number of ether oxygens (including phenoxy) is 1. The summed E-state index contributed by atoms with van der Waals surface area (Å²) in [6.45, 7) is 0.904. The van der Waals surface area contributed by atoms with Crippen LogP contribution in [-0.4, -0.2) is 24.2 Å². The van der Waals surface area contributed by atoms with Gasteiger partial charge in [-0.25, -0.2) is 0 Å². The Bertz CT molecular complexity index is 569. The van der Waals surface area contributed by atoms with Crippen molar-refractivity contribution in [1.82, 2.24) is 5.32 Å². The van der Waals surface area contributed by atoms with Gasteiger partial charge in [-0.15, -0.1) is 0 Å². The lowest BCUT2D eigenvalue weighted by Crippen LogP contribution is -2.28. The van der Waals surface area contributed by atoms with Gasteiger partial charge in [0.15, 0.2) is 0 Å². The molecule has 4 nitrogen and oxygen atoms in total. The Labute approximate surface area is 124 Å². The molecular weight excluding hydrogens is 266 g/mol. The number of nitrogens with one attached hydrogen (secondary N) is 1. The fraction of sp³-hybridized carbons (Fsp3) is 0.235. The van der Waals surface area contributed by atoms with E-state index >= 15 is 0 Å². The van der Waals surface area contributed by atoms with E-state index in [0.29, 0.717) is 26.0 Å². The van der Waals surface area contributed by atoms with Crippen LogP contribution in [0.1, 0.15) is 12.0 Å². The number of carbonyl (C=O) groups is 1. The van der Waals surface area contributed by atoms with Crippen molar-refractivity contribution in [3.63, 3.8) is 0 Å². The molecule has 0 unspecified atom stereocenters. The van der Waals surface area contributed by atoms with Crippen molar-refractivity contribution in [3.8, 4) is 11.5 Å². The topological polar surface area (TPSA) is 58.6 Å². The van der Waals surface area contributed by atoms with Gasteiger partial charge in [0.05, 0.1) is 6.54 Å². The third-order valence-electron chi connectivity index (χ3n) is 3.05. The van der Waals surface area contributed by atoms with E-state index in [1.54, 1.807) is 12.1 Å². The van der Waals surface area contributed by atoms with E-state index in [1.165, 1.54) is 0 Å². The molecule has 1 amide bonds. The molecule has 0 atom stereocenters. The highest BCUT2D eigenvalue weighted by Crippen LogP contribution is 2.16. The fourth-order valence-electron chi connectivity index (χ4n) is 1.93. The van der Waals surface area contributed by atoms with Gasteiger partial charge in [-0.2, -0.15) is 0 Å². The van der Waals surface area contributed by atoms with Crippen molar-refractivity contribution in [1.29, 1.82) is 0 Å². The van der Waals surface area contributed by atoms with Gasteiger partial charge in [-0.3, -0.25) is 4.79 Å². The SMILES string of the molecule is O=C(CCc1ccccc1O)NCCOc1ccccc1. The van der Waals surface area contributed by atoms with Gasteiger partial charge in [0.25, 0.3) is 0 Å². The number of aromatic hydroxyl groups is 1. The molecule has 0 aliphatic carbocycles. The number of para-hydroxylation sites is 2. The average Bonchev–Trinajstić information content (AvgIpc) is 2.52. The maximum Gasteiger partial charge on any atom is 0.220 e. The molecule has 4 heteroatoms. The predicted molar refractivity (Wildman–Crippen MR) is 81.4 cm³/mol. The Kier molecular flexibility index (Phi) is 5.64. The first-order valence-electron chi connectivity index (χ1n) is 6.97. The Morgan fingerprint density at radius 3 is 2.52 bits per heavy atom. The summed E-state index contributed by atoms with van der Waals surface area (Å²) in [6, 6.07) is 16.5. The minimum Gasteiger partial charge on any atom is -0.508 e. The number of phenols is 1. The Morgan fingerprint density at radius 2 is 1.76 bits per heavy atom. The molecule has 0 heterocycles. The van der Waals surface area contributed by atoms with Crippen molar-refractivity contribution in [2.24, 2.45) is 0 Å². The molecule has 0 saturated carbocycles. The van der Waals surface area contributed by atoms with Gasteiger partial charge in [-0.1, -0.05) is 36.4 Å². The number of carbonyl (C=O) groups excluding carboxylic acids is 1. The second-order valence-electron chi connectivity index (χ2n) is 4.64. The molecule has 0 radical (unpaired) electrons. The summed E-state index contributed by atoms with van der Waals surface area (Å²) in [5.41, 5.74) is 0.785. The molecule has 0 aliphatic heterocycles. The Balaban J connectivity index is 1.63.